The summed E-state index contributed by atoms with van der Waals surface area (Å²) in [4.78, 5) is 24.2. The van der Waals surface area contributed by atoms with Gasteiger partial charge in [0.05, 0.1) is 10.6 Å². The molecule has 0 bridgehead atoms. The molecule has 29 heavy (non-hydrogen) atoms. The molecule has 9 nitrogen and oxygen atoms in total. The van der Waals surface area contributed by atoms with Gasteiger partial charge in [0.1, 0.15) is 18.1 Å². The number of nitrogens with two attached hydrogens (primary N) is 1. The van der Waals surface area contributed by atoms with Crippen molar-refractivity contribution in [2.24, 2.45) is 5.14 Å². The second-order valence-corrected chi connectivity index (χ2v) is 8.02. The van der Waals surface area contributed by atoms with E-state index in [9.17, 15) is 18.0 Å². The number of primary sulfonamides is 1. The lowest BCUT2D eigenvalue weighted by Crippen LogP contribution is -2.30. The first-order valence-corrected chi connectivity index (χ1v) is 10.3. The van der Waals surface area contributed by atoms with Crippen molar-refractivity contribution < 1.29 is 32.2 Å². The number of halogens is 1. The van der Waals surface area contributed by atoms with Crippen molar-refractivity contribution in [3.8, 4) is 11.5 Å². The summed E-state index contributed by atoms with van der Waals surface area (Å²) in [6.45, 7) is 2.23. The molecule has 154 valence electrons. The smallest absolute Gasteiger partial charge is 0.338 e. The fourth-order valence-electron chi connectivity index (χ4n) is 2.50. The first-order valence-electron chi connectivity index (χ1n) is 8.39. The highest BCUT2D eigenvalue weighted by atomic mass is 35.5. The first kappa shape index (κ1) is 20.9. The Kier molecular flexibility index (Phi) is 5.96. The van der Waals surface area contributed by atoms with Crippen LogP contribution in [0, 0.1) is 0 Å². The van der Waals surface area contributed by atoms with Crippen LogP contribution in [0.15, 0.2) is 41.3 Å². The van der Waals surface area contributed by atoms with Crippen molar-refractivity contribution in [3.63, 3.8) is 0 Å². The molecule has 2 aromatic carbocycles. The zero-order valence-corrected chi connectivity index (χ0v) is 16.7. The van der Waals surface area contributed by atoms with Gasteiger partial charge in [0.2, 0.25) is 10.0 Å². The van der Waals surface area contributed by atoms with Crippen molar-refractivity contribution in [1.29, 1.82) is 0 Å². The maximum Gasteiger partial charge on any atom is 0.338 e. The highest BCUT2D eigenvalue weighted by molar-refractivity contribution is 7.89. The fraction of sp³-hybridized carbons (Fsp3) is 0.222. The number of fused-ring (bicyclic) bond motifs is 1. The van der Waals surface area contributed by atoms with Crippen molar-refractivity contribution in [2.45, 2.75) is 17.9 Å². The van der Waals surface area contributed by atoms with E-state index in [1.54, 1.807) is 18.2 Å². The quantitative estimate of drug-likeness (QED) is 0.678. The van der Waals surface area contributed by atoms with E-state index in [0.717, 1.165) is 6.07 Å². The standard InChI is InChI=1S/C18H17ClN2O7S/c1-10(17(22)21-12-3-5-14-15(9-12)27-7-6-26-14)28-18(23)11-2-4-13(19)16(8-11)29(20,24)25/h2-5,8-10H,6-7H2,1H3,(H,21,22)(H2,20,24,25). The van der Waals surface area contributed by atoms with E-state index in [4.69, 9.17) is 31.0 Å². The Bertz CT molecular complexity index is 1070. The third kappa shape index (κ3) is 4.97. The molecule has 1 aliphatic heterocycles. The summed E-state index contributed by atoms with van der Waals surface area (Å²) in [5, 5.41) is 7.54. The van der Waals surface area contributed by atoms with Gasteiger partial charge >= 0.3 is 5.97 Å². The molecule has 11 heteroatoms. The number of sulfonamides is 1. The maximum atomic E-state index is 12.3. The van der Waals surface area contributed by atoms with Gasteiger partial charge in [-0.1, -0.05) is 11.6 Å². The molecule has 1 amide bonds. The number of ether oxygens (including phenoxy) is 3. The molecule has 1 aliphatic rings. The minimum atomic E-state index is -4.12. The number of nitrogens with one attached hydrogen (secondary N) is 1. The number of carbonyl (C=O) groups is 2. The Morgan fingerprint density at radius 3 is 2.52 bits per heavy atom. The maximum absolute atomic E-state index is 12.3. The molecule has 1 atom stereocenters. The van der Waals surface area contributed by atoms with Gasteiger partial charge in [-0.15, -0.1) is 0 Å². The Hall–Kier alpha value is -2.82. The second-order valence-electron chi connectivity index (χ2n) is 6.09. The zero-order valence-electron chi connectivity index (χ0n) is 15.2. The number of benzene rings is 2. The van der Waals surface area contributed by atoms with Gasteiger partial charge in [-0.25, -0.2) is 18.4 Å². The van der Waals surface area contributed by atoms with E-state index < -0.39 is 32.9 Å². The molecule has 0 aromatic heterocycles. The fourth-order valence-corrected chi connectivity index (χ4v) is 3.57. The Balaban J connectivity index is 1.67. The first-order chi connectivity index (χ1) is 13.6. The van der Waals surface area contributed by atoms with Crippen molar-refractivity contribution in [3.05, 3.63) is 47.0 Å². The van der Waals surface area contributed by atoms with Gasteiger partial charge in [-0.05, 0) is 37.3 Å². The lowest BCUT2D eigenvalue weighted by molar-refractivity contribution is -0.123. The van der Waals surface area contributed by atoms with E-state index >= 15 is 0 Å². The molecular formula is C18H17ClN2O7S. The average molecular weight is 441 g/mol. The van der Waals surface area contributed by atoms with Crippen LogP contribution in [-0.4, -0.2) is 39.6 Å². The van der Waals surface area contributed by atoms with E-state index in [1.165, 1.54) is 19.1 Å². The molecule has 0 aliphatic carbocycles. The van der Waals surface area contributed by atoms with Gasteiger partial charge in [0.15, 0.2) is 17.6 Å². The Morgan fingerprint density at radius 1 is 1.14 bits per heavy atom. The number of hydrogen-bond acceptors (Lipinski definition) is 7. The van der Waals surface area contributed by atoms with Crippen LogP contribution in [0.25, 0.3) is 0 Å². The SMILES string of the molecule is CC(OC(=O)c1ccc(Cl)c(S(N)(=O)=O)c1)C(=O)Nc1ccc2c(c1)OCCO2. The highest BCUT2D eigenvalue weighted by Crippen LogP contribution is 2.32. The molecule has 2 aromatic rings. The molecule has 3 N–H and O–H groups in total. The van der Waals surface area contributed by atoms with Crippen LogP contribution in [0.2, 0.25) is 5.02 Å². The summed E-state index contributed by atoms with van der Waals surface area (Å²) < 4.78 is 39.0. The molecule has 1 unspecified atom stereocenters. The summed E-state index contributed by atoms with van der Waals surface area (Å²) in [5.41, 5.74) is 0.322. The predicted molar refractivity (Wildman–Crippen MR) is 104 cm³/mol. The lowest BCUT2D eigenvalue weighted by atomic mass is 10.2. The molecule has 0 radical (unpaired) electrons. The normalized spacial score (nSPS) is 14.0. The van der Waals surface area contributed by atoms with Crippen LogP contribution in [0.3, 0.4) is 0 Å². The summed E-state index contributed by atoms with van der Waals surface area (Å²) in [5.74, 6) is -0.426. The van der Waals surface area contributed by atoms with Crippen LogP contribution in [0.4, 0.5) is 5.69 Å². The Labute approximate surface area is 171 Å². The molecule has 0 saturated heterocycles. The molecule has 0 saturated carbocycles. The predicted octanol–water partition coefficient (Wildman–Crippen LogP) is 1.94. The van der Waals surface area contributed by atoms with Crippen molar-refractivity contribution in [1.82, 2.24) is 0 Å². The number of hydrogen-bond donors (Lipinski definition) is 2. The van der Waals surface area contributed by atoms with E-state index in [2.05, 4.69) is 5.32 Å². The zero-order chi connectivity index (χ0) is 21.2. The van der Waals surface area contributed by atoms with Crippen LogP contribution in [-0.2, 0) is 19.6 Å². The van der Waals surface area contributed by atoms with Crippen LogP contribution >= 0.6 is 11.6 Å². The van der Waals surface area contributed by atoms with Crippen LogP contribution in [0.5, 0.6) is 11.5 Å². The third-order valence-electron chi connectivity index (χ3n) is 3.94. The number of rotatable bonds is 5. The molecule has 3 rings (SSSR count). The highest BCUT2D eigenvalue weighted by Gasteiger charge is 2.22. The average Bonchev–Trinajstić information content (AvgIpc) is 2.67. The van der Waals surface area contributed by atoms with Gasteiger partial charge in [0, 0.05) is 11.8 Å². The minimum absolute atomic E-state index is 0.114. The van der Waals surface area contributed by atoms with Gasteiger partial charge in [0.25, 0.3) is 5.91 Å². The number of carbonyl (C=O) groups excluding carboxylic acids is 2. The molecule has 0 fully saturated rings. The van der Waals surface area contributed by atoms with E-state index in [0.29, 0.717) is 30.4 Å². The largest absolute Gasteiger partial charge is 0.486 e. The molecule has 0 spiro atoms. The second kappa shape index (κ2) is 8.27. The van der Waals surface area contributed by atoms with E-state index in [-0.39, 0.29) is 10.6 Å². The summed E-state index contributed by atoms with van der Waals surface area (Å²) in [6, 6.07) is 8.34. The van der Waals surface area contributed by atoms with Crippen molar-refractivity contribution >= 4 is 39.2 Å². The van der Waals surface area contributed by atoms with Crippen LogP contribution in [0.1, 0.15) is 17.3 Å². The summed E-state index contributed by atoms with van der Waals surface area (Å²) in [7, 11) is -4.12. The van der Waals surface area contributed by atoms with Gasteiger partial charge in [-0.3, -0.25) is 4.79 Å². The minimum Gasteiger partial charge on any atom is -0.486 e. The monoisotopic (exact) mass is 440 g/mol. The van der Waals surface area contributed by atoms with E-state index in [1.807, 2.05) is 0 Å². The molecular weight excluding hydrogens is 424 g/mol. The third-order valence-corrected chi connectivity index (χ3v) is 5.33. The number of amides is 1. The van der Waals surface area contributed by atoms with Crippen molar-refractivity contribution in [2.75, 3.05) is 18.5 Å². The van der Waals surface area contributed by atoms with Crippen LogP contribution < -0.4 is 19.9 Å². The van der Waals surface area contributed by atoms with Gasteiger partial charge < -0.3 is 19.5 Å². The number of esters is 1. The lowest BCUT2D eigenvalue weighted by Gasteiger charge is -2.19. The topological polar surface area (TPSA) is 134 Å². The summed E-state index contributed by atoms with van der Waals surface area (Å²) >= 11 is 5.79. The Morgan fingerprint density at radius 2 is 1.83 bits per heavy atom. The number of anilines is 1. The molecule has 1 heterocycles. The summed E-state index contributed by atoms with van der Waals surface area (Å²) in [6.07, 6.45) is -1.16. The van der Waals surface area contributed by atoms with Gasteiger partial charge in [-0.2, -0.15) is 0 Å².